The summed E-state index contributed by atoms with van der Waals surface area (Å²) in [5.74, 6) is -0.659. The molecule has 0 spiro atoms. The maximum Gasteiger partial charge on any atom is 0.339 e. The second-order valence-electron chi connectivity index (χ2n) is 5.94. The minimum absolute atomic E-state index is 0.0923. The number of aromatic nitrogens is 1. The summed E-state index contributed by atoms with van der Waals surface area (Å²) in [5.41, 5.74) is 2.02. The highest BCUT2D eigenvalue weighted by Gasteiger charge is 2.17. The molecule has 2 heterocycles. The standard InChI is InChI=1S/C19H21N3O4/c1-25-19(24)15-6-2-3-7-16(15)22-13-8-9-17(20-11-13)18(23)21-12-14-5-4-10-26-14/h2-3,6-9,11,14,22H,4-5,10,12H2,1H3,(H,21,23). The van der Waals surface area contributed by atoms with Gasteiger partial charge in [0, 0.05) is 13.2 Å². The van der Waals surface area contributed by atoms with Gasteiger partial charge < -0.3 is 20.1 Å². The Hall–Kier alpha value is -2.93. The fraction of sp³-hybridized carbons (Fsp3) is 0.316. The zero-order valence-electron chi connectivity index (χ0n) is 14.5. The van der Waals surface area contributed by atoms with Crippen molar-refractivity contribution in [2.24, 2.45) is 0 Å². The predicted molar refractivity (Wildman–Crippen MR) is 96.6 cm³/mol. The van der Waals surface area contributed by atoms with Crippen molar-refractivity contribution in [1.82, 2.24) is 10.3 Å². The summed E-state index contributed by atoms with van der Waals surface area (Å²) in [6.07, 6.45) is 3.65. The van der Waals surface area contributed by atoms with Gasteiger partial charge in [0.1, 0.15) is 5.69 Å². The Morgan fingerprint density at radius 1 is 1.27 bits per heavy atom. The van der Waals surface area contributed by atoms with Gasteiger partial charge >= 0.3 is 5.97 Å². The maximum atomic E-state index is 12.1. The van der Waals surface area contributed by atoms with Crippen LogP contribution in [0, 0.1) is 0 Å². The summed E-state index contributed by atoms with van der Waals surface area (Å²) in [5, 5.41) is 5.95. The van der Waals surface area contributed by atoms with Crippen LogP contribution in [0.2, 0.25) is 0 Å². The fourth-order valence-electron chi connectivity index (χ4n) is 2.74. The number of nitrogens with zero attached hydrogens (tertiary/aromatic N) is 1. The zero-order chi connectivity index (χ0) is 18.4. The zero-order valence-corrected chi connectivity index (χ0v) is 14.5. The van der Waals surface area contributed by atoms with Gasteiger partial charge in [0.25, 0.3) is 5.91 Å². The molecule has 0 saturated carbocycles. The molecule has 1 unspecified atom stereocenters. The lowest BCUT2D eigenvalue weighted by Crippen LogP contribution is -2.32. The molecule has 1 saturated heterocycles. The van der Waals surface area contributed by atoms with E-state index in [9.17, 15) is 9.59 Å². The molecule has 26 heavy (non-hydrogen) atoms. The molecule has 7 heteroatoms. The second-order valence-corrected chi connectivity index (χ2v) is 5.94. The van der Waals surface area contributed by atoms with E-state index in [1.165, 1.54) is 7.11 Å². The van der Waals surface area contributed by atoms with Crippen LogP contribution >= 0.6 is 0 Å². The van der Waals surface area contributed by atoms with Gasteiger partial charge in [-0.2, -0.15) is 0 Å². The smallest absolute Gasteiger partial charge is 0.339 e. The molecule has 1 aromatic carbocycles. The van der Waals surface area contributed by atoms with Crippen LogP contribution in [-0.2, 0) is 9.47 Å². The van der Waals surface area contributed by atoms with E-state index in [2.05, 4.69) is 15.6 Å². The van der Waals surface area contributed by atoms with E-state index in [4.69, 9.17) is 9.47 Å². The van der Waals surface area contributed by atoms with Crippen molar-refractivity contribution in [1.29, 1.82) is 0 Å². The van der Waals surface area contributed by atoms with Crippen molar-refractivity contribution < 1.29 is 19.1 Å². The number of benzene rings is 1. The molecule has 0 bridgehead atoms. The lowest BCUT2D eigenvalue weighted by molar-refractivity contribution is 0.0601. The van der Waals surface area contributed by atoms with E-state index in [1.54, 1.807) is 36.5 Å². The minimum Gasteiger partial charge on any atom is -0.465 e. The van der Waals surface area contributed by atoms with Gasteiger partial charge in [0.05, 0.1) is 36.3 Å². The third-order valence-electron chi connectivity index (χ3n) is 4.12. The SMILES string of the molecule is COC(=O)c1ccccc1Nc1ccc(C(=O)NCC2CCCO2)nc1. The number of carbonyl (C=O) groups is 2. The van der Waals surface area contributed by atoms with Crippen LogP contribution in [-0.4, -0.2) is 43.2 Å². The van der Waals surface area contributed by atoms with E-state index in [0.29, 0.717) is 29.2 Å². The van der Waals surface area contributed by atoms with Crippen LogP contribution in [0.3, 0.4) is 0 Å². The molecule has 2 N–H and O–H groups in total. The minimum atomic E-state index is -0.425. The molecule has 1 aromatic heterocycles. The summed E-state index contributed by atoms with van der Waals surface area (Å²) in [4.78, 5) is 28.1. The summed E-state index contributed by atoms with van der Waals surface area (Å²) in [6, 6.07) is 10.4. The normalized spacial score (nSPS) is 16.1. The Morgan fingerprint density at radius 3 is 2.81 bits per heavy atom. The molecule has 1 aliphatic rings. The number of nitrogens with one attached hydrogen (secondary N) is 2. The van der Waals surface area contributed by atoms with Crippen LogP contribution in [0.25, 0.3) is 0 Å². The third-order valence-corrected chi connectivity index (χ3v) is 4.12. The van der Waals surface area contributed by atoms with Crippen molar-refractivity contribution >= 4 is 23.3 Å². The number of hydrogen-bond donors (Lipinski definition) is 2. The van der Waals surface area contributed by atoms with Crippen LogP contribution < -0.4 is 10.6 Å². The van der Waals surface area contributed by atoms with Crippen molar-refractivity contribution in [2.75, 3.05) is 25.6 Å². The van der Waals surface area contributed by atoms with Crippen molar-refractivity contribution in [3.8, 4) is 0 Å². The average Bonchev–Trinajstić information content (AvgIpc) is 3.20. The summed E-state index contributed by atoms with van der Waals surface area (Å²) in [7, 11) is 1.34. The second kappa shape index (κ2) is 8.44. The van der Waals surface area contributed by atoms with Gasteiger partial charge in [-0.1, -0.05) is 12.1 Å². The van der Waals surface area contributed by atoms with Crippen molar-refractivity contribution in [3.05, 3.63) is 53.9 Å². The Labute approximate surface area is 151 Å². The Balaban J connectivity index is 1.63. The highest BCUT2D eigenvalue weighted by atomic mass is 16.5. The largest absolute Gasteiger partial charge is 0.465 e. The monoisotopic (exact) mass is 355 g/mol. The van der Waals surface area contributed by atoms with Crippen molar-refractivity contribution in [2.45, 2.75) is 18.9 Å². The molecule has 0 radical (unpaired) electrons. The van der Waals surface area contributed by atoms with Gasteiger partial charge in [0.2, 0.25) is 0 Å². The van der Waals surface area contributed by atoms with Gasteiger partial charge in [0.15, 0.2) is 0 Å². The van der Waals surface area contributed by atoms with E-state index < -0.39 is 5.97 Å². The molecule has 1 amide bonds. The van der Waals surface area contributed by atoms with E-state index in [0.717, 1.165) is 19.4 Å². The number of ether oxygens (including phenoxy) is 2. The molecule has 1 atom stereocenters. The summed E-state index contributed by atoms with van der Waals surface area (Å²) < 4.78 is 10.3. The van der Waals surface area contributed by atoms with Crippen LogP contribution in [0.4, 0.5) is 11.4 Å². The summed E-state index contributed by atoms with van der Waals surface area (Å²) in [6.45, 7) is 1.25. The maximum absolute atomic E-state index is 12.1. The Bertz CT molecular complexity index is 771. The van der Waals surface area contributed by atoms with Gasteiger partial charge in [-0.05, 0) is 37.1 Å². The van der Waals surface area contributed by atoms with Gasteiger partial charge in [-0.15, -0.1) is 0 Å². The topological polar surface area (TPSA) is 89.5 Å². The lowest BCUT2D eigenvalue weighted by Gasteiger charge is -2.12. The molecule has 136 valence electrons. The van der Waals surface area contributed by atoms with Crippen LogP contribution in [0.15, 0.2) is 42.6 Å². The number of amides is 1. The highest BCUT2D eigenvalue weighted by molar-refractivity contribution is 5.96. The molecule has 2 aromatic rings. The average molecular weight is 355 g/mol. The van der Waals surface area contributed by atoms with Crippen molar-refractivity contribution in [3.63, 3.8) is 0 Å². The van der Waals surface area contributed by atoms with E-state index >= 15 is 0 Å². The number of methoxy groups -OCH3 is 1. The van der Waals surface area contributed by atoms with Crippen LogP contribution in [0.1, 0.15) is 33.7 Å². The molecule has 3 rings (SSSR count). The molecule has 1 aliphatic heterocycles. The number of esters is 1. The predicted octanol–water partition coefficient (Wildman–Crippen LogP) is 2.52. The molecular weight excluding hydrogens is 334 g/mol. The first-order valence-corrected chi connectivity index (χ1v) is 8.47. The number of hydrogen-bond acceptors (Lipinski definition) is 6. The van der Waals surface area contributed by atoms with E-state index in [1.807, 2.05) is 6.07 Å². The Morgan fingerprint density at radius 2 is 2.12 bits per heavy atom. The fourth-order valence-corrected chi connectivity index (χ4v) is 2.74. The number of carbonyl (C=O) groups excluding carboxylic acids is 2. The number of para-hydroxylation sites is 1. The number of anilines is 2. The molecule has 0 aliphatic carbocycles. The quantitative estimate of drug-likeness (QED) is 0.774. The number of pyridine rings is 1. The number of rotatable bonds is 6. The van der Waals surface area contributed by atoms with Crippen LogP contribution in [0.5, 0.6) is 0 Å². The third kappa shape index (κ3) is 4.37. The van der Waals surface area contributed by atoms with Gasteiger partial charge in [-0.3, -0.25) is 4.79 Å². The lowest BCUT2D eigenvalue weighted by atomic mass is 10.1. The molecule has 1 fully saturated rings. The molecular formula is C19H21N3O4. The first kappa shape index (κ1) is 17.9. The van der Waals surface area contributed by atoms with E-state index in [-0.39, 0.29) is 12.0 Å². The first-order chi connectivity index (χ1) is 12.7. The Kier molecular flexibility index (Phi) is 5.80. The van der Waals surface area contributed by atoms with Gasteiger partial charge in [-0.25, -0.2) is 9.78 Å². The molecule has 7 nitrogen and oxygen atoms in total. The first-order valence-electron chi connectivity index (χ1n) is 8.47. The highest BCUT2D eigenvalue weighted by Crippen LogP contribution is 2.21. The summed E-state index contributed by atoms with van der Waals surface area (Å²) >= 11 is 0.